The number of para-hydroxylation sites is 1. The second kappa shape index (κ2) is 6.48. The SMILES string of the molecule is CCC(N)Cc1cnc(N(C)c2ccccc2C)nc1. The fourth-order valence-corrected chi connectivity index (χ4v) is 2.12. The van der Waals surface area contributed by atoms with Crippen LogP contribution < -0.4 is 10.6 Å². The summed E-state index contributed by atoms with van der Waals surface area (Å²) in [5.41, 5.74) is 9.35. The summed E-state index contributed by atoms with van der Waals surface area (Å²) in [6.45, 7) is 4.17. The molecule has 0 fully saturated rings. The van der Waals surface area contributed by atoms with Crippen LogP contribution in [0.25, 0.3) is 0 Å². The minimum absolute atomic E-state index is 0.179. The van der Waals surface area contributed by atoms with Gasteiger partial charge in [0.2, 0.25) is 5.95 Å². The molecule has 2 rings (SSSR count). The van der Waals surface area contributed by atoms with Crippen LogP contribution in [-0.2, 0) is 6.42 Å². The van der Waals surface area contributed by atoms with Crippen LogP contribution in [-0.4, -0.2) is 23.1 Å². The van der Waals surface area contributed by atoms with Crippen molar-refractivity contribution >= 4 is 11.6 Å². The van der Waals surface area contributed by atoms with Crippen LogP contribution in [0.2, 0.25) is 0 Å². The Bertz CT molecular complexity index is 551. The van der Waals surface area contributed by atoms with E-state index in [0.717, 1.165) is 24.1 Å². The van der Waals surface area contributed by atoms with Crippen LogP contribution in [0.15, 0.2) is 36.7 Å². The molecule has 1 heterocycles. The highest BCUT2D eigenvalue weighted by Gasteiger charge is 2.09. The zero-order valence-corrected chi connectivity index (χ0v) is 12.4. The zero-order valence-electron chi connectivity index (χ0n) is 12.4. The lowest BCUT2D eigenvalue weighted by molar-refractivity contribution is 0.643. The number of anilines is 2. The third-order valence-electron chi connectivity index (χ3n) is 3.49. The van der Waals surface area contributed by atoms with Gasteiger partial charge in [-0.3, -0.25) is 0 Å². The summed E-state index contributed by atoms with van der Waals surface area (Å²) in [5.74, 6) is 0.702. The molecule has 1 aromatic carbocycles. The van der Waals surface area contributed by atoms with Crippen molar-refractivity contribution in [1.29, 1.82) is 0 Å². The van der Waals surface area contributed by atoms with Crippen molar-refractivity contribution in [3.63, 3.8) is 0 Å². The fourth-order valence-electron chi connectivity index (χ4n) is 2.12. The normalized spacial score (nSPS) is 12.2. The molecule has 1 aromatic heterocycles. The van der Waals surface area contributed by atoms with Crippen LogP contribution >= 0.6 is 0 Å². The first-order chi connectivity index (χ1) is 9.61. The van der Waals surface area contributed by atoms with Gasteiger partial charge in [-0.15, -0.1) is 0 Å². The smallest absolute Gasteiger partial charge is 0.229 e. The molecule has 0 aliphatic carbocycles. The maximum absolute atomic E-state index is 5.95. The van der Waals surface area contributed by atoms with Gasteiger partial charge in [0.25, 0.3) is 0 Å². The van der Waals surface area contributed by atoms with Crippen LogP contribution in [0, 0.1) is 6.92 Å². The van der Waals surface area contributed by atoms with E-state index in [-0.39, 0.29) is 6.04 Å². The van der Waals surface area contributed by atoms with E-state index < -0.39 is 0 Å². The van der Waals surface area contributed by atoms with E-state index >= 15 is 0 Å². The number of nitrogens with zero attached hydrogens (tertiary/aromatic N) is 3. The first-order valence-corrected chi connectivity index (χ1v) is 6.97. The van der Waals surface area contributed by atoms with Crippen molar-refractivity contribution < 1.29 is 0 Å². The fraction of sp³-hybridized carbons (Fsp3) is 0.375. The molecule has 2 N–H and O–H groups in total. The van der Waals surface area contributed by atoms with Gasteiger partial charge in [-0.1, -0.05) is 25.1 Å². The lowest BCUT2D eigenvalue weighted by Gasteiger charge is -2.19. The molecular weight excluding hydrogens is 248 g/mol. The minimum Gasteiger partial charge on any atom is -0.327 e. The van der Waals surface area contributed by atoms with Gasteiger partial charge in [-0.05, 0) is 37.0 Å². The Morgan fingerprint density at radius 3 is 2.45 bits per heavy atom. The predicted octanol–water partition coefficient (Wildman–Crippen LogP) is 2.83. The molecule has 0 radical (unpaired) electrons. The highest BCUT2D eigenvalue weighted by Crippen LogP contribution is 2.23. The van der Waals surface area contributed by atoms with Gasteiger partial charge in [0.15, 0.2) is 0 Å². The van der Waals surface area contributed by atoms with Gasteiger partial charge in [0.05, 0.1) is 0 Å². The zero-order chi connectivity index (χ0) is 14.5. The van der Waals surface area contributed by atoms with Crippen molar-refractivity contribution in [2.45, 2.75) is 32.7 Å². The van der Waals surface area contributed by atoms with E-state index in [9.17, 15) is 0 Å². The molecule has 106 valence electrons. The summed E-state index contributed by atoms with van der Waals surface area (Å²) >= 11 is 0. The highest BCUT2D eigenvalue weighted by atomic mass is 15.2. The summed E-state index contributed by atoms with van der Waals surface area (Å²) in [7, 11) is 1.98. The molecule has 0 saturated heterocycles. The Kier molecular flexibility index (Phi) is 4.69. The molecule has 4 heteroatoms. The van der Waals surface area contributed by atoms with E-state index in [1.165, 1.54) is 5.56 Å². The first kappa shape index (κ1) is 14.5. The summed E-state index contributed by atoms with van der Waals surface area (Å²) in [6.07, 6.45) is 5.52. The van der Waals surface area contributed by atoms with Crippen molar-refractivity contribution in [1.82, 2.24) is 9.97 Å². The maximum atomic E-state index is 5.95. The number of hydrogen-bond acceptors (Lipinski definition) is 4. The van der Waals surface area contributed by atoms with E-state index in [4.69, 9.17) is 5.73 Å². The monoisotopic (exact) mass is 270 g/mol. The molecule has 1 unspecified atom stereocenters. The second-order valence-electron chi connectivity index (χ2n) is 5.11. The van der Waals surface area contributed by atoms with E-state index in [1.54, 1.807) is 0 Å². The van der Waals surface area contributed by atoms with E-state index in [0.29, 0.717) is 5.95 Å². The first-order valence-electron chi connectivity index (χ1n) is 6.97. The number of aromatic nitrogens is 2. The van der Waals surface area contributed by atoms with Gasteiger partial charge >= 0.3 is 0 Å². The Labute approximate surface area is 120 Å². The average molecular weight is 270 g/mol. The molecule has 2 aromatic rings. The quantitative estimate of drug-likeness (QED) is 0.907. The van der Waals surface area contributed by atoms with Crippen LogP contribution in [0.4, 0.5) is 11.6 Å². The lowest BCUT2D eigenvalue weighted by Crippen LogP contribution is -2.22. The van der Waals surface area contributed by atoms with Crippen molar-refractivity contribution in [3.8, 4) is 0 Å². The van der Waals surface area contributed by atoms with Crippen LogP contribution in [0.1, 0.15) is 24.5 Å². The second-order valence-corrected chi connectivity index (χ2v) is 5.11. The molecule has 0 amide bonds. The summed E-state index contributed by atoms with van der Waals surface area (Å²) in [6, 6.07) is 8.38. The Morgan fingerprint density at radius 2 is 1.85 bits per heavy atom. The molecule has 4 nitrogen and oxygen atoms in total. The Balaban J connectivity index is 2.16. The van der Waals surface area contributed by atoms with Crippen molar-refractivity contribution in [3.05, 3.63) is 47.8 Å². The standard InChI is InChI=1S/C16H22N4/c1-4-14(17)9-13-10-18-16(19-11-13)20(3)15-8-6-5-7-12(15)2/h5-8,10-11,14H,4,9,17H2,1-3H3. The van der Waals surface area contributed by atoms with Crippen LogP contribution in [0.5, 0.6) is 0 Å². The maximum Gasteiger partial charge on any atom is 0.229 e. The highest BCUT2D eigenvalue weighted by molar-refractivity contribution is 5.60. The molecule has 0 aliphatic rings. The predicted molar refractivity (Wildman–Crippen MR) is 83.2 cm³/mol. The molecule has 1 atom stereocenters. The third kappa shape index (κ3) is 3.33. The summed E-state index contributed by atoms with van der Waals surface area (Å²) in [4.78, 5) is 10.9. The van der Waals surface area contributed by atoms with Gasteiger partial charge in [-0.25, -0.2) is 9.97 Å². The summed E-state index contributed by atoms with van der Waals surface area (Å²) in [5, 5.41) is 0. The molecule has 0 bridgehead atoms. The van der Waals surface area contributed by atoms with Crippen molar-refractivity contribution in [2.24, 2.45) is 5.73 Å². The van der Waals surface area contributed by atoms with Gasteiger partial charge in [-0.2, -0.15) is 0 Å². The van der Waals surface area contributed by atoms with Gasteiger partial charge in [0.1, 0.15) is 0 Å². The van der Waals surface area contributed by atoms with Gasteiger partial charge < -0.3 is 10.6 Å². The third-order valence-corrected chi connectivity index (χ3v) is 3.49. The summed E-state index contributed by atoms with van der Waals surface area (Å²) < 4.78 is 0. The lowest BCUT2D eigenvalue weighted by atomic mass is 10.1. The molecule has 0 spiro atoms. The Hall–Kier alpha value is -1.94. The van der Waals surface area contributed by atoms with E-state index in [2.05, 4.69) is 35.9 Å². The number of rotatable bonds is 5. The van der Waals surface area contributed by atoms with Gasteiger partial charge in [0, 0.05) is 31.2 Å². The molecular formula is C16H22N4. The number of nitrogens with two attached hydrogens (primary N) is 1. The minimum atomic E-state index is 0.179. The Morgan fingerprint density at radius 1 is 1.20 bits per heavy atom. The van der Waals surface area contributed by atoms with Crippen molar-refractivity contribution in [2.75, 3.05) is 11.9 Å². The van der Waals surface area contributed by atoms with Crippen LogP contribution in [0.3, 0.4) is 0 Å². The average Bonchev–Trinajstić information content (AvgIpc) is 2.47. The number of benzene rings is 1. The molecule has 0 saturated carbocycles. The number of hydrogen-bond donors (Lipinski definition) is 1. The number of aryl methyl sites for hydroxylation is 1. The molecule has 20 heavy (non-hydrogen) atoms. The molecule has 0 aliphatic heterocycles. The van der Waals surface area contributed by atoms with E-state index in [1.807, 2.05) is 36.5 Å². The largest absolute Gasteiger partial charge is 0.327 e. The topological polar surface area (TPSA) is 55.0 Å².